The quantitative estimate of drug-likeness (QED) is 0.337. The molecule has 1 aliphatic rings. The molecule has 1 fully saturated rings. The highest BCUT2D eigenvalue weighted by Crippen LogP contribution is 2.43. The maximum Gasteiger partial charge on any atom is 0.192 e. The van der Waals surface area contributed by atoms with Gasteiger partial charge < -0.3 is 23.3 Å². The average molecular weight is 528 g/mol. The predicted octanol–water partition coefficient (Wildman–Crippen LogP) is 6.28. The number of aliphatic hydroxyl groups is 1. The van der Waals surface area contributed by atoms with Gasteiger partial charge >= 0.3 is 0 Å². The topological polar surface area (TPSA) is 78.6 Å². The molecule has 0 aliphatic carbocycles. The predicted molar refractivity (Wildman–Crippen MR) is 142 cm³/mol. The van der Waals surface area contributed by atoms with Crippen molar-refractivity contribution in [2.24, 2.45) is 0 Å². The Kier molecular flexibility index (Phi) is 7.82. The van der Waals surface area contributed by atoms with Gasteiger partial charge in [-0.1, -0.05) is 53.1 Å². The second-order valence-corrected chi connectivity index (χ2v) is 22.4. The minimum atomic E-state index is -2.04. The van der Waals surface area contributed by atoms with E-state index < -0.39 is 16.6 Å². The van der Waals surface area contributed by atoms with Crippen molar-refractivity contribution in [3.63, 3.8) is 0 Å². The monoisotopic (exact) mass is 527 g/mol. The fraction of sp³-hybridized carbons (Fsp3) is 0.750. The summed E-state index contributed by atoms with van der Waals surface area (Å²) in [5, 5.41) is 11.1. The van der Waals surface area contributed by atoms with Gasteiger partial charge in [-0.25, -0.2) is 9.97 Å². The van der Waals surface area contributed by atoms with E-state index in [-0.39, 0.29) is 35.1 Å². The van der Waals surface area contributed by atoms with Crippen LogP contribution in [0.5, 0.6) is 0 Å². The van der Waals surface area contributed by atoms with Crippen LogP contribution in [0.1, 0.15) is 59.8 Å². The van der Waals surface area contributed by atoms with Gasteiger partial charge in [0.05, 0.1) is 24.7 Å². The van der Waals surface area contributed by atoms with E-state index in [4.69, 9.17) is 25.2 Å². The zero-order valence-corrected chi connectivity index (χ0v) is 25.2. The number of aliphatic hydroxyl groups excluding tert-OH is 1. The number of hydrogen-bond acceptors (Lipinski definition) is 6. The molecule has 2 aromatic rings. The standard InChI is InChI=1S/C24H42ClN3O4Si2/c1-23(2,3)33(7,8)30-14-18-17(32-34(9,10)24(4,5)6)11-19(31-18)28-12-16(13-29)20-21(25)26-15-27-22(20)28/h12,15,17-19,29H,11,13-14H2,1-10H3/t17?,18-,19-/m1/s1. The number of hydrogen-bond donors (Lipinski definition) is 1. The lowest BCUT2D eigenvalue weighted by atomic mass is 10.2. The Balaban J connectivity index is 1.93. The molecule has 0 saturated carbocycles. The second-order valence-electron chi connectivity index (χ2n) is 12.4. The summed E-state index contributed by atoms with van der Waals surface area (Å²) in [4.78, 5) is 8.55. The molecule has 1 N–H and O–H groups in total. The van der Waals surface area contributed by atoms with Crippen molar-refractivity contribution in [3.05, 3.63) is 23.2 Å². The summed E-state index contributed by atoms with van der Waals surface area (Å²) in [6.07, 6.45) is 3.41. The molecule has 0 bridgehead atoms. The molecular formula is C24H42ClN3O4Si2. The summed E-state index contributed by atoms with van der Waals surface area (Å²) >= 11 is 6.35. The van der Waals surface area contributed by atoms with Gasteiger partial charge in [0.1, 0.15) is 29.5 Å². The molecule has 1 saturated heterocycles. The van der Waals surface area contributed by atoms with Crippen LogP contribution in [-0.4, -0.2) is 55.1 Å². The molecule has 2 aromatic heterocycles. The van der Waals surface area contributed by atoms with Crippen LogP contribution >= 0.6 is 11.6 Å². The molecule has 192 valence electrons. The summed E-state index contributed by atoms with van der Waals surface area (Å²) in [7, 11) is -3.99. The van der Waals surface area contributed by atoms with Gasteiger partial charge in [0.15, 0.2) is 16.6 Å². The highest BCUT2D eigenvalue weighted by Gasteiger charge is 2.46. The normalized spacial score (nSPS) is 22.6. The Labute approximate surface area is 211 Å². The number of rotatable bonds is 7. The van der Waals surface area contributed by atoms with E-state index in [1.807, 2.05) is 10.8 Å². The van der Waals surface area contributed by atoms with Crippen LogP contribution in [0.4, 0.5) is 0 Å². The molecule has 0 aromatic carbocycles. The molecule has 0 spiro atoms. The zero-order valence-electron chi connectivity index (χ0n) is 22.4. The molecule has 10 heteroatoms. The Morgan fingerprint density at radius 1 is 1.09 bits per heavy atom. The minimum absolute atomic E-state index is 0.0842. The highest BCUT2D eigenvalue weighted by atomic mass is 35.5. The first kappa shape index (κ1) is 27.8. The molecule has 1 aliphatic heterocycles. The van der Waals surface area contributed by atoms with Gasteiger partial charge in [-0.3, -0.25) is 0 Å². The number of aromatic nitrogens is 3. The van der Waals surface area contributed by atoms with E-state index in [9.17, 15) is 5.11 Å². The molecule has 34 heavy (non-hydrogen) atoms. The van der Waals surface area contributed by atoms with Crippen molar-refractivity contribution < 1.29 is 18.7 Å². The van der Waals surface area contributed by atoms with Gasteiger partial charge in [0, 0.05) is 18.2 Å². The maximum absolute atomic E-state index is 9.91. The molecular weight excluding hydrogens is 486 g/mol. The molecule has 3 rings (SSSR count). The third kappa shape index (κ3) is 5.45. The van der Waals surface area contributed by atoms with E-state index >= 15 is 0 Å². The highest BCUT2D eigenvalue weighted by molar-refractivity contribution is 6.74. The van der Waals surface area contributed by atoms with Crippen molar-refractivity contribution in [3.8, 4) is 0 Å². The largest absolute Gasteiger partial charge is 0.414 e. The van der Waals surface area contributed by atoms with Crippen molar-refractivity contribution in [1.29, 1.82) is 0 Å². The molecule has 0 radical (unpaired) electrons. The Hall–Kier alpha value is -0.816. The van der Waals surface area contributed by atoms with Crippen LogP contribution < -0.4 is 0 Å². The lowest BCUT2D eigenvalue weighted by Gasteiger charge is -2.40. The van der Waals surface area contributed by atoms with Crippen LogP contribution in [0.3, 0.4) is 0 Å². The number of nitrogens with zero attached hydrogens (tertiary/aromatic N) is 3. The summed E-state index contributed by atoms with van der Waals surface area (Å²) < 4.78 is 22.0. The summed E-state index contributed by atoms with van der Waals surface area (Å²) in [6.45, 7) is 22.9. The van der Waals surface area contributed by atoms with Gasteiger partial charge in [-0.05, 0) is 36.3 Å². The maximum atomic E-state index is 9.91. The summed E-state index contributed by atoms with van der Waals surface area (Å²) in [6, 6.07) is 0. The Morgan fingerprint density at radius 2 is 1.71 bits per heavy atom. The first-order valence-corrected chi connectivity index (χ1v) is 18.3. The summed E-state index contributed by atoms with van der Waals surface area (Å²) in [5.41, 5.74) is 1.35. The average Bonchev–Trinajstić information content (AvgIpc) is 3.26. The van der Waals surface area contributed by atoms with Gasteiger partial charge in [0.2, 0.25) is 0 Å². The minimum Gasteiger partial charge on any atom is -0.414 e. The molecule has 1 unspecified atom stereocenters. The van der Waals surface area contributed by atoms with Gasteiger partial charge in [0.25, 0.3) is 0 Å². The first-order chi connectivity index (χ1) is 15.5. The lowest BCUT2D eigenvalue weighted by Crippen LogP contribution is -2.48. The van der Waals surface area contributed by atoms with E-state index in [2.05, 4.69) is 77.7 Å². The van der Waals surface area contributed by atoms with E-state index in [0.717, 1.165) is 0 Å². The van der Waals surface area contributed by atoms with Gasteiger partial charge in [-0.2, -0.15) is 0 Å². The smallest absolute Gasteiger partial charge is 0.192 e. The van der Waals surface area contributed by atoms with E-state index in [1.54, 1.807) is 0 Å². The van der Waals surface area contributed by atoms with E-state index in [1.165, 1.54) is 6.33 Å². The zero-order chi connectivity index (χ0) is 25.7. The lowest BCUT2D eigenvalue weighted by molar-refractivity contribution is -0.0382. The SMILES string of the molecule is CC(C)(C)[Si](C)(C)OC[C@H]1O[C@@H](n2cc(CO)c3c(Cl)ncnc32)CC1O[Si](C)(C)C(C)(C)C. The van der Waals surface area contributed by atoms with Crippen LogP contribution in [0.2, 0.25) is 41.4 Å². The molecule has 3 heterocycles. The fourth-order valence-corrected chi connectivity index (χ4v) is 6.29. The van der Waals surface area contributed by atoms with Crippen molar-refractivity contribution in [2.75, 3.05) is 6.61 Å². The van der Waals surface area contributed by atoms with E-state index in [0.29, 0.717) is 34.8 Å². The third-order valence-corrected chi connectivity index (χ3v) is 17.3. The van der Waals surface area contributed by atoms with Crippen LogP contribution in [0.15, 0.2) is 12.5 Å². The molecule has 3 atom stereocenters. The summed E-state index contributed by atoms with van der Waals surface area (Å²) in [5.74, 6) is 0. The Bertz CT molecular complexity index is 1010. The third-order valence-electron chi connectivity index (χ3n) is 7.97. The second kappa shape index (κ2) is 9.57. The molecule has 7 nitrogen and oxygen atoms in total. The van der Waals surface area contributed by atoms with Crippen LogP contribution in [-0.2, 0) is 20.2 Å². The first-order valence-electron chi connectivity index (χ1n) is 12.1. The van der Waals surface area contributed by atoms with Crippen LogP contribution in [0, 0.1) is 0 Å². The Morgan fingerprint density at radius 3 is 2.26 bits per heavy atom. The van der Waals surface area contributed by atoms with Gasteiger partial charge in [-0.15, -0.1) is 0 Å². The van der Waals surface area contributed by atoms with Crippen molar-refractivity contribution in [1.82, 2.24) is 14.5 Å². The fourth-order valence-electron chi connectivity index (χ4n) is 3.67. The number of fused-ring (bicyclic) bond motifs is 1. The number of halogens is 1. The molecule has 0 amide bonds. The van der Waals surface area contributed by atoms with Crippen molar-refractivity contribution in [2.45, 2.75) is 109 Å². The van der Waals surface area contributed by atoms with Crippen molar-refractivity contribution >= 4 is 39.3 Å². The number of ether oxygens (including phenoxy) is 1. The van der Waals surface area contributed by atoms with Crippen LogP contribution in [0.25, 0.3) is 11.0 Å².